The van der Waals surface area contributed by atoms with Crippen LogP contribution in [0, 0.1) is 5.41 Å². The Hall–Kier alpha value is -2.07. The molecule has 6 nitrogen and oxygen atoms in total. The Morgan fingerprint density at radius 2 is 2.22 bits per heavy atom. The normalized spacial score (nSPS) is 14.4. The topological polar surface area (TPSA) is 86.5 Å². The minimum Gasteiger partial charge on any atom is -0.325 e. The third kappa shape index (κ3) is 8.91. The van der Waals surface area contributed by atoms with E-state index in [-0.39, 0.29) is 11.7 Å². The summed E-state index contributed by atoms with van der Waals surface area (Å²) in [5.41, 5.74) is 0.493. The van der Waals surface area contributed by atoms with Crippen molar-refractivity contribution in [2.45, 2.75) is 25.6 Å². The summed E-state index contributed by atoms with van der Waals surface area (Å²) >= 11 is 5.76. The second-order valence-corrected chi connectivity index (χ2v) is 7.01. The van der Waals surface area contributed by atoms with Crippen LogP contribution in [0.4, 0.5) is 18.9 Å². The highest BCUT2D eigenvalue weighted by Gasteiger charge is 2.27. The molecule has 0 saturated carbocycles. The maximum Gasteiger partial charge on any atom is 0.390 e. The minimum atomic E-state index is -4.41. The second-order valence-electron chi connectivity index (χ2n) is 5.16. The zero-order valence-electron chi connectivity index (χ0n) is 14.3. The number of aliphatic imine (C=N–C) groups is 1. The van der Waals surface area contributed by atoms with Crippen LogP contribution < -0.4 is 0 Å². The van der Waals surface area contributed by atoms with E-state index in [1.165, 1.54) is 17.3 Å². The largest absolute Gasteiger partial charge is 0.390 e. The molecule has 1 aromatic rings. The van der Waals surface area contributed by atoms with Crippen LogP contribution in [0.3, 0.4) is 0 Å². The van der Waals surface area contributed by atoms with Gasteiger partial charge in [-0.25, -0.2) is 0 Å². The number of amides is 1. The lowest BCUT2D eigenvalue weighted by Gasteiger charge is -2.25. The Bertz CT molecular complexity index is 726. The van der Waals surface area contributed by atoms with Gasteiger partial charge in [-0.2, -0.15) is 13.2 Å². The van der Waals surface area contributed by atoms with E-state index in [1.807, 2.05) is 0 Å². The molecule has 1 rings (SSSR count). The third-order valence-corrected chi connectivity index (χ3v) is 4.45. The number of aromatic nitrogens is 1. The van der Waals surface area contributed by atoms with E-state index in [4.69, 9.17) is 17.0 Å². The summed E-state index contributed by atoms with van der Waals surface area (Å²) in [5.74, 6) is -1.28. The fourth-order valence-corrected chi connectivity index (χ4v) is 2.88. The fraction of sp³-hybridized carbons (Fsp3) is 0.375. The number of alkyl halides is 3. The van der Waals surface area contributed by atoms with Crippen molar-refractivity contribution in [2.75, 3.05) is 12.3 Å². The van der Waals surface area contributed by atoms with Crippen molar-refractivity contribution in [2.24, 2.45) is 4.99 Å². The number of nitrogens with zero attached hydrogens (tertiary/aromatic N) is 3. The molecular formula is C16H18ClF3N4O2S. The smallest absolute Gasteiger partial charge is 0.325 e. The Kier molecular flexibility index (Phi) is 9.30. The van der Waals surface area contributed by atoms with E-state index in [2.05, 4.69) is 9.98 Å². The molecule has 0 aromatic carbocycles. The lowest BCUT2D eigenvalue weighted by Crippen LogP contribution is -2.43. The first-order valence-electron chi connectivity index (χ1n) is 7.75. The molecule has 1 aromatic heterocycles. The maximum atomic E-state index is 12.3. The highest BCUT2D eigenvalue weighted by Crippen LogP contribution is 2.19. The molecule has 11 heteroatoms. The van der Waals surface area contributed by atoms with Gasteiger partial charge in [0.05, 0.1) is 18.3 Å². The summed E-state index contributed by atoms with van der Waals surface area (Å²) in [6.07, 6.45) is -0.366. The van der Waals surface area contributed by atoms with Crippen LogP contribution in [0.25, 0.3) is 0 Å². The first-order valence-corrected chi connectivity index (χ1v) is 9.51. The number of halogens is 4. The molecule has 1 N–H and O–H groups in total. The van der Waals surface area contributed by atoms with Gasteiger partial charge in [0.2, 0.25) is 5.91 Å². The van der Waals surface area contributed by atoms with Crippen LogP contribution in [0.2, 0.25) is 0 Å². The van der Waals surface area contributed by atoms with E-state index in [9.17, 15) is 22.2 Å². The summed E-state index contributed by atoms with van der Waals surface area (Å²) in [7, 11) is -1.94. The first-order chi connectivity index (χ1) is 12.6. The molecule has 2 unspecified atom stereocenters. The van der Waals surface area contributed by atoms with Crippen LogP contribution >= 0.6 is 11.6 Å². The minimum absolute atomic E-state index is 0.150. The summed E-state index contributed by atoms with van der Waals surface area (Å²) in [6, 6.07) is 2.35. The van der Waals surface area contributed by atoms with Gasteiger partial charge in [0, 0.05) is 47.0 Å². The van der Waals surface area contributed by atoms with Gasteiger partial charge in [0.15, 0.2) is 0 Å². The molecule has 0 bridgehead atoms. The standard InChI is InChI=1S/C16H18ClF3N4O2S/c1-2-24(14(25)5-8-27(26)9-6-16(18,19)20)13(15(17)21)11-23-12-4-3-7-22-10-12/h3-5,7-8,10-11,13,21H,2,6,9H2,1H3/b8-5+,21-15?,23-11?. The number of nitrogens with one attached hydrogen (secondary N) is 1. The number of hydrogen-bond donors (Lipinski definition) is 1. The summed E-state index contributed by atoms with van der Waals surface area (Å²) in [6.45, 7) is 1.79. The van der Waals surface area contributed by atoms with E-state index < -0.39 is 41.1 Å². The molecular weight excluding hydrogens is 405 g/mol. The SMILES string of the molecule is CCN(C(=O)/C=C/S(=O)CCC(F)(F)F)C(C=Nc1cccnc1)C(=N)Cl. The van der Waals surface area contributed by atoms with Crippen LogP contribution in [-0.4, -0.2) is 55.9 Å². The van der Waals surface area contributed by atoms with Crippen molar-refractivity contribution in [3.05, 3.63) is 36.0 Å². The van der Waals surface area contributed by atoms with E-state index in [0.29, 0.717) is 5.69 Å². The summed E-state index contributed by atoms with van der Waals surface area (Å²) in [5, 5.41) is 8.19. The van der Waals surface area contributed by atoms with Crippen LogP contribution in [0.5, 0.6) is 0 Å². The Balaban J connectivity index is 2.83. The van der Waals surface area contributed by atoms with Gasteiger partial charge in [0.1, 0.15) is 11.2 Å². The molecule has 1 heterocycles. The number of likely N-dealkylation sites (N-methyl/N-ethyl adjacent to an activating group) is 1. The number of carbonyl (C=O) groups excluding carboxylic acids is 1. The molecule has 0 aliphatic rings. The first kappa shape index (κ1) is 23.0. The zero-order chi connectivity index (χ0) is 20.4. The molecule has 0 saturated heterocycles. The molecule has 0 aliphatic heterocycles. The van der Waals surface area contributed by atoms with Crippen molar-refractivity contribution in [3.63, 3.8) is 0 Å². The van der Waals surface area contributed by atoms with Gasteiger partial charge < -0.3 is 4.90 Å². The fourth-order valence-electron chi connectivity index (χ4n) is 1.87. The quantitative estimate of drug-likeness (QED) is 0.488. The number of pyridine rings is 1. The highest BCUT2D eigenvalue weighted by atomic mass is 35.5. The van der Waals surface area contributed by atoms with Crippen LogP contribution in [-0.2, 0) is 15.6 Å². The molecule has 1 amide bonds. The van der Waals surface area contributed by atoms with Gasteiger partial charge in [-0.1, -0.05) is 11.6 Å². The number of carbonyl (C=O) groups is 1. The average Bonchev–Trinajstić information content (AvgIpc) is 2.61. The highest BCUT2D eigenvalue weighted by molar-refractivity contribution is 7.87. The predicted molar refractivity (Wildman–Crippen MR) is 100.0 cm³/mol. The van der Waals surface area contributed by atoms with Gasteiger partial charge in [-0.15, -0.1) is 0 Å². The van der Waals surface area contributed by atoms with Crippen molar-refractivity contribution in [3.8, 4) is 0 Å². The molecule has 2 atom stereocenters. The molecule has 148 valence electrons. The third-order valence-electron chi connectivity index (χ3n) is 3.18. The predicted octanol–water partition coefficient (Wildman–Crippen LogP) is 3.43. The maximum absolute atomic E-state index is 12.3. The van der Waals surface area contributed by atoms with Crippen molar-refractivity contribution >= 4 is 45.4 Å². The van der Waals surface area contributed by atoms with Crippen LogP contribution in [0.1, 0.15) is 13.3 Å². The Morgan fingerprint density at radius 1 is 1.52 bits per heavy atom. The average molecular weight is 423 g/mol. The monoisotopic (exact) mass is 422 g/mol. The molecule has 0 radical (unpaired) electrons. The summed E-state index contributed by atoms with van der Waals surface area (Å²) in [4.78, 5) is 21.5. The van der Waals surface area contributed by atoms with Gasteiger partial charge in [0.25, 0.3) is 0 Å². The lowest BCUT2D eigenvalue weighted by molar-refractivity contribution is -0.129. The van der Waals surface area contributed by atoms with Crippen molar-refractivity contribution in [1.29, 1.82) is 5.41 Å². The summed E-state index contributed by atoms with van der Waals surface area (Å²) < 4.78 is 47.9. The lowest BCUT2D eigenvalue weighted by atomic mass is 10.2. The Labute approximate surface area is 162 Å². The molecule has 0 fully saturated rings. The van der Waals surface area contributed by atoms with Gasteiger partial charge in [-0.3, -0.25) is 24.4 Å². The van der Waals surface area contributed by atoms with Gasteiger partial charge >= 0.3 is 6.18 Å². The van der Waals surface area contributed by atoms with E-state index in [0.717, 1.165) is 11.5 Å². The number of hydrogen-bond acceptors (Lipinski definition) is 5. The van der Waals surface area contributed by atoms with Crippen molar-refractivity contribution in [1.82, 2.24) is 9.88 Å². The Morgan fingerprint density at radius 3 is 2.74 bits per heavy atom. The molecule has 27 heavy (non-hydrogen) atoms. The molecule has 0 aliphatic carbocycles. The second kappa shape index (κ2) is 10.9. The van der Waals surface area contributed by atoms with Crippen LogP contribution in [0.15, 0.2) is 41.0 Å². The zero-order valence-corrected chi connectivity index (χ0v) is 15.9. The van der Waals surface area contributed by atoms with E-state index in [1.54, 1.807) is 25.3 Å². The van der Waals surface area contributed by atoms with E-state index >= 15 is 0 Å². The van der Waals surface area contributed by atoms with Crippen molar-refractivity contribution < 1.29 is 22.2 Å². The number of rotatable bonds is 9. The van der Waals surface area contributed by atoms with Gasteiger partial charge in [-0.05, 0) is 19.1 Å². The molecule has 0 spiro atoms.